The normalized spacial score (nSPS) is 8.78. The first-order valence-corrected chi connectivity index (χ1v) is 6.82. The number of hydrogen-bond acceptors (Lipinski definition) is 0. The van der Waals surface area contributed by atoms with Crippen LogP contribution in [0.15, 0.2) is 60.7 Å². The average molecular weight is 344 g/mol. The minimum atomic E-state index is -0.149. The number of hydrogen-bond donors (Lipinski definition) is 0. The zero-order valence-electron chi connectivity index (χ0n) is 10.00. The number of rotatable bonds is 3. The second kappa shape index (κ2) is 10.8. The summed E-state index contributed by atoms with van der Waals surface area (Å²) >= 11 is 0. The van der Waals surface area contributed by atoms with E-state index >= 15 is 0 Å². The largest absolute Gasteiger partial charge is 2.00 e. The first-order valence-electron chi connectivity index (χ1n) is 5.29. The van der Waals surface area contributed by atoms with Gasteiger partial charge in [0.1, 0.15) is 0 Å². The molecule has 0 fully saturated rings. The van der Waals surface area contributed by atoms with Crippen molar-refractivity contribution in [1.82, 2.24) is 0 Å². The molecule has 4 heteroatoms. The van der Waals surface area contributed by atoms with Crippen LogP contribution in [0.2, 0.25) is 0 Å². The zero-order chi connectivity index (χ0) is 10.5. The predicted octanol–water partition coefficient (Wildman–Crippen LogP) is -2.86. The van der Waals surface area contributed by atoms with Crippen LogP contribution >= 0.6 is 7.92 Å². The van der Waals surface area contributed by atoms with E-state index in [1.807, 2.05) is 0 Å². The second-order valence-corrected chi connectivity index (χ2v) is 5.94. The minimum Gasteiger partial charge on any atom is -1.00 e. The fourth-order valence-corrected chi connectivity index (χ4v) is 3.82. The van der Waals surface area contributed by atoms with Gasteiger partial charge in [-0.1, -0.05) is 67.6 Å². The van der Waals surface area contributed by atoms with Gasteiger partial charge in [-0.05, 0) is 24.7 Å². The molecule has 0 atom stereocenters. The van der Waals surface area contributed by atoms with Crippen LogP contribution in [0, 0.1) is 0 Å². The molecule has 0 aliphatic rings. The molecule has 0 saturated heterocycles. The van der Waals surface area contributed by atoms with Crippen LogP contribution in [0.25, 0.3) is 0 Å². The van der Waals surface area contributed by atoms with Crippen molar-refractivity contribution in [2.75, 3.05) is 6.16 Å². The zero-order valence-corrected chi connectivity index (χ0v) is 13.4. The molecule has 0 aromatic heterocycles. The summed E-state index contributed by atoms with van der Waals surface area (Å²) in [7, 11) is -0.149. The van der Waals surface area contributed by atoms with Crippen molar-refractivity contribution in [1.29, 1.82) is 0 Å². The van der Waals surface area contributed by atoms with Gasteiger partial charge in [0.2, 0.25) is 0 Å². The van der Waals surface area contributed by atoms with Gasteiger partial charge in [-0.15, -0.1) is 0 Å². The van der Waals surface area contributed by atoms with Crippen molar-refractivity contribution in [3.8, 4) is 0 Å². The Morgan fingerprint density at radius 2 is 1.06 bits per heavy atom. The smallest absolute Gasteiger partial charge is 1.00 e. The Labute approximate surface area is 133 Å². The SMILES string of the molecule is CCP(c1ccccc1)c1ccccc1.[Cl-].[Cl-].[Ni+2]. The van der Waals surface area contributed by atoms with Gasteiger partial charge in [0.15, 0.2) is 0 Å². The summed E-state index contributed by atoms with van der Waals surface area (Å²) < 4.78 is 0. The molecule has 0 amide bonds. The molecule has 0 unspecified atom stereocenters. The summed E-state index contributed by atoms with van der Waals surface area (Å²) in [5.41, 5.74) is 0. The maximum atomic E-state index is 2.27. The maximum absolute atomic E-state index is 2.27. The van der Waals surface area contributed by atoms with E-state index in [-0.39, 0.29) is 49.2 Å². The van der Waals surface area contributed by atoms with Crippen LogP contribution in [0.3, 0.4) is 0 Å². The topological polar surface area (TPSA) is 0 Å². The van der Waals surface area contributed by atoms with Crippen LogP contribution < -0.4 is 35.4 Å². The average Bonchev–Trinajstić information content (AvgIpc) is 2.33. The molecule has 2 aromatic carbocycles. The summed E-state index contributed by atoms with van der Waals surface area (Å²) in [5.74, 6) is 0. The molecule has 0 heterocycles. The molecule has 100 valence electrons. The van der Waals surface area contributed by atoms with E-state index in [9.17, 15) is 0 Å². The molecule has 2 aromatic rings. The maximum Gasteiger partial charge on any atom is 2.00 e. The molecule has 0 radical (unpaired) electrons. The van der Waals surface area contributed by atoms with Crippen LogP contribution in [-0.2, 0) is 16.5 Å². The van der Waals surface area contributed by atoms with E-state index in [1.165, 1.54) is 16.8 Å². The molecular weight excluding hydrogens is 329 g/mol. The van der Waals surface area contributed by atoms with Crippen LogP contribution in [0.5, 0.6) is 0 Å². The quantitative estimate of drug-likeness (QED) is 0.416. The van der Waals surface area contributed by atoms with Crippen molar-refractivity contribution in [2.24, 2.45) is 0 Å². The Balaban J connectivity index is 0. The molecular formula is C14H15Cl2NiP. The number of benzene rings is 2. The van der Waals surface area contributed by atoms with Gasteiger partial charge in [-0.2, -0.15) is 0 Å². The van der Waals surface area contributed by atoms with Gasteiger partial charge >= 0.3 is 16.5 Å². The second-order valence-electron chi connectivity index (χ2n) is 3.42. The third kappa shape index (κ3) is 5.29. The van der Waals surface area contributed by atoms with Gasteiger partial charge in [0.25, 0.3) is 0 Å². The third-order valence-corrected chi connectivity index (χ3v) is 4.93. The Bertz CT molecular complexity index is 369. The first kappa shape index (κ1) is 20.3. The fourth-order valence-electron chi connectivity index (χ4n) is 1.73. The first-order chi connectivity index (χ1) is 7.42. The van der Waals surface area contributed by atoms with Crippen LogP contribution in [0.4, 0.5) is 0 Å². The van der Waals surface area contributed by atoms with E-state index in [0.717, 1.165) is 0 Å². The van der Waals surface area contributed by atoms with Gasteiger partial charge < -0.3 is 24.8 Å². The van der Waals surface area contributed by atoms with E-state index in [0.29, 0.717) is 0 Å². The summed E-state index contributed by atoms with van der Waals surface area (Å²) in [6.45, 7) is 2.27. The van der Waals surface area contributed by atoms with Crippen LogP contribution in [-0.4, -0.2) is 6.16 Å². The molecule has 0 bridgehead atoms. The molecule has 0 nitrogen and oxygen atoms in total. The van der Waals surface area contributed by atoms with Crippen LogP contribution in [0.1, 0.15) is 6.92 Å². The Morgan fingerprint density at radius 1 is 0.722 bits per heavy atom. The molecule has 0 aliphatic carbocycles. The van der Waals surface area contributed by atoms with Crippen molar-refractivity contribution in [3.05, 3.63) is 60.7 Å². The predicted molar refractivity (Wildman–Crippen MR) is 69.6 cm³/mol. The van der Waals surface area contributed by atoms with Gasteiger partial charge in [0.05, 0.1) is 0 Å². The Hall–Kier alpha value is -0.0565. The summed E-state index contributed by atoms with van der Waals surface area (Å²) in [5, 5.41) is 2.95. The van der Waals surface area contributed by atoms with Gasteiger partial charge in [-0.3, -0.25) is 0 Å². The Morgan fingerprint density at radius 3 is 1.33 bits per heavy atom. The van der Waals surface area contributed by atoms with E-state index < -0.39 is 0 Å². The molecule has 0 spiro atoms. The molecule has 0 saturated carbocycles. The van der Waals surface area contributed by atoms with Crippen molar-refractivity contribution >= 4 is 18.5 Å². The van der Waals surface area contributed by atoms with Gasteiger partial charge in [-0.25, -0.2) is 0 Å². The third-order valence-electron chi connectivity index (χ3n) is 2.45. The number of halogens is 2. The minimum absolute atomic E-state index is 0. The molecule has 0 N–H and O–H groups in total. The fraction of sp³-hybridized carbons (Fsp3) is 0.143. The van der Waals surface area contributed by atoms with Gasteiger partial charge in [0, 0.05) is 0 Å². The summed E-state index contributed by atoms with van der Waals surface area (Å²) in [6, 6.07) is 21.6. The summed E-state index contributed by atoms with van der Waals surface area (Å²) in [4.78, 5) is 0. The standard InChI is InChI=1S/C14H15P.2ClH.Ni/c1-2-15(13-9-5-3-6-10-13)14-11-7-4-8-12-14;;;/h3-12H,2H2,1H3;2*1H;/q;;;+2/p-2. The van der Waals surface area contributed by atoms with E-state index in [4.69, 9.17) is 0 Å². The Kier molecular flexibility index (Phi) is 12.2. The van der Waals surface area contributed by atoms with E-state index in [2.05, 4.69) is 67.6 Å². The summed E-state index contributed by atoms with van der Waals surface area (Å²) in [6.07, 6.45) is 1.21. The van der Waals surface area contributed by atoms with E-state index in [1.54, 1.807) is 0 Å². The molecule has 2 rings (SSSR count). The molecule has 18 heavy (non-hydrogen) atoms. The van der Waals surface area contributed by atoms with Crippen molar-refractivity contribution in [3.63, 3.8) is 0 Å². The van der Waals surface area contributed by atoms with Crippen molar-refractivity contribution in [2.45, 2.75) is 6.92 Å². The van der Waals surface area contributed by atoms with Crippen molar-refractivity contribution < 1.29 is 41.3 Å². The monoisotopic (exact) mass is 342 g/mol. The molecule has 0 aliphatic heterocycles.